The molecule has 2 aromatic heterocycles. The molecule has 7 nitrogen and oxygen atoms in total. The third-order valence-corrected chi connectivity index (χ3v) is 5.93. The monoisotopic (exact) mass is 430 g/mol. The van der Waals surface area contributed by atoms with E-state index < -0.39 is 12.0 Å². The molecule has 0 radical (unpaired) electrons. The van der Waals surface area contributed by atoms with Gasteiger partial charge < -0.3 is 15.4 Å². The Morgan fingerprint density at radius 3 is 2.55 bits per heavy atom. The number of carbonyl (C=O) groups is 2. The zero-order chi connectivity index (χ0) is 21.4. The van der Waals surface area contributed by atoms with Crippen LogP contribution in [-0.2, 0) is 4.79 Å². The van der Waals surface area contributed by atoms with Crippen molar-refractivity contribution in [1.82, 2.24) is 9.78 Å². The zero-order valence-corrected chi connectivity index (χ0v) is 17.2. The van der Waals surface area contributed by atoms with Gasteiger partial charge >= 0.3 is 0 Å². The number of hydrogen-bond acceptors (Lipinski definition) is 5. The molecule has 4 aromatic rings. The number of rotatable bonds is 4. The van der Waals surface area contributed by atoms with Gasteiger partial charge in [-0.1, -0.05) is 36.4 Å². The average molecular weight is 430 g/mol. The molecule has 2 aromatic carbocycles. The van der Waals surface area contributed by atoms with E-state index in [2.05, 4.69) is 0 Å². The Kier molecular flexibility index (Phi) is 4.76. The van der Waals surface area contributed by atoms with Crippen LogP contribution in [-0.4, -0.2) is 34.2 Å². The number of anilines is 1. The van der Waals surface area contributed by atoms with Crippen molar-refractivity contribution >= 4 is 28.8 Å². The maximum absolute atomic E-state index is 13.8. The molecule has 1 unspecified atom stereocenters. The van der Waals surface area contributed by atoms with Gasteiger partial charge in [0.1, 0.15) is 11.4 Å². The fourth-order valence-corrected chi connectivity index (χ4v) is 4.28. The SMILES string of the molecule is NC(=O)C1CN(C(=O)c2cn(-c3ccccc3)nc2-c2cccs2)c2ccccc2O1. The van der Waals surface area contributed by atoms with Crippen LogP contribution in [0.4, 0.5) is 5.69 Å². The van der Waals surface area contributed by atoms with Gasteiger partial charge in [0.15, 0.2) is 6.10 Å². The van der Waals surface area contributed by atoms with Gasteiger partial charge in [0.25, 0.3) is 11.8 Å². The highest BCUT2D eigenvalue weighted by Gasteiger charge is 2.35. The van der Waals surface area contributed by atoms with E-state index in [0.717, 1.165) is 10.6 Å². The zero-order valence-electron chi connectivity index (χ0n) is 16.3. The van der Waals surface area contributed by atoms with Crippen LogP contribution in [0.5, 0.6) is 5.75 Å². The third kappa shape index (κ3) is 3.47. The number of carbonyl (C=O) groups excluding carboxylic acids is 2. The molecule has 1 aliphatic heterocycles. The molecule has 3 heterocycles. The summed E-state index contributed by atoms with van der Waals surface area (Å²) in [5.74, 6) is -0.447. The first-order valence-corrected chi connectivity index (χ1v) is 10.6. The van der Waals surface area contributed by atoms with E-state index in [0.29, 0.717) is 22.7 Å². The molecule has 0 fully saturated rings. The predicted molar refractivity (Wildman–Crippen MR) is 119 cm³/mol. The van der Waals surface area contributed by atoms with Crippen LogP contribution in [0.1, 0.15) is 10.4 Å². The van der Waals surface area contributed by atoms with Crippen molar-refractivity contribution in [2.45, 2.75) is 6.10 Å². The second-order valence-electron chi connectivity index (χ2n) is 7.04. The Labute approximate surface area is 182 Å². The Hall–Kier alpha value is -3.91. The number of fused-ring (bicyclic) bond motifs is 1. The normalized spacial score (nSPS) is 15.2. The van der Waals surface area contributed by atoms with Crippen LogP contribution in [0.3, 0.4) is 0 Å². The molecule has 0 spiro atoms. The van der Waals surface area contributed by atoms with Crippen LogP contribution in [0, 0.1) is 0 Å². The fourth-order valence-electron chi connectivity index (χ4n) is 3.56. The molecular weight excluding hydrogens is 412 g/mol. The van der Waals surface area contributed by atoms with Gasteiger partial charge in [0.2, 0.25) is 0 Å². The topological polar surface area (TPSA) is 90.5 Å². The summed E-state index contributed by atoms with van der Waals surface area (Å²) in [4.78, 5) is 28.0. The van der Waals surface area contributed by atoms with E-state index in [9.17, 15) is 9.59 Å². The highest BCUT2D eigenvalue weighted by Crippen LogP contribution is 2.36. The van der Waals surface area contributed by atoms with Gasteiger partial charge in [-0.3, -0.25) is 9.59 Å². The summed E-state index contributed by atoms with van der Waals surface area (Å²) in [5, 5.41) is 6.65. The van der Waals surface area contributed by atoms with Gasteiger partial charge in [0.05, 0.1) is 28.4 Å². The second kappa shape index (κ2) is 7.73. The van der Waals surface area contributed by atoms with Crippen LogP contribution >= 0.6 is 11.3 Å². The molecule has 2 amide bonds. The fraction of sp³-hybridized carbons (Fsp3) is 0.0870. The number of amides is 2. The molecule has 1 aliphatic rings. The molecule has 31 heavy (non-hydrogen) atoms. The number of hydrogen-bond donors (Lipinski definition) is 1. The van der Waals surface area contributed by atoms with Crippen LogP contribution in [0.2, 0.25) is 0 Å². The molecule has 1 atom stereocenters. The van der Waals surface area contributed by atoms with E-state index in [1.165, 1.54) is 16.2 Å². The summed E-state index contributed by atoms with van der Waals surface area (Å²) in [7, 11) is 0. The molecule has 8 heteroatoms. The molecular formula is C23H18N4O3S. The van der Waals surface area contributed by atoms with Crippen molar-refractivity contribution in [2.24, 2.45) is 5.73 Å². The smallest absolute Gasteiger partial charge is 0.262 e. The number of ether oxygens (including phenoxy) is 1. The number of para-hydroxylation sites is 3. The minimum atomic E-state index is -0.923. The molecule has 5 rings (SSSR count). The average Bonchev–Trinajstić information content (AvgIpc) is 3.48. The quantitative estimate of drug-likeness (QED) is 0.537. The van der Waals surface area contributed by atoms with Gasteiger partial charge in [-0.2, -0.15) is 5.10 Å². The first-order chi connectivity index (χ1) is 15.1. The molecule has 0 saturated carbocycles. The summed E-state index contributed by atoms with van der Waals surface area (Å²) in [6.07, 6.45) is 0.803. The van der Waals surface area contributed by atoms with Gasteiger partial charge in [-0.05, 0) is 35.7 Å². The Balaban J connectivity index is 1.62. The molecule has 0 bridgehead atoms. The van der Waals surface area contributed by atoms with Gasteiger partial charge in [0, 0.05) is 6.20 Å². The van der Waals surface area contributed by atoms with Crippen molar-refractivity contribution in [3.63, 3.8) is 0 Å². The number of nitrogens with two attached hydrogens (primary N) is 1. The lowest BCUT2D eigenvalue weighted by Gasteiger charge is -2.33. The summed E-state index contributed by atoms with van der Waals surface area (Å²) >= 11 is 1.51. The standard InChI is InChI=1S/C23H18N4O3S/c24-22(28)19-14-26(17-9-4-5-10-18(17)30-19)23(29)16-13-27(15-7-2-1-3-8-15)25-21(16)20-11-6-12-31-20/h1-13,19H,14H2,(H2,24,28). The summed E-state index contributed by atoms with van der Waals surface area (Å²) in [6, 6.07) is 20.6. The van der Waals surface area contributed by atoms with Crippen LogP contribution < -0.4 is 15.4 Å². The van der Waals surface area contributed by atoms with Crippen molar-refractivity contribution < 1.29 is 14.3 Å². The van der Waals surface area contributed by atoms with Gasteiger partial charge in [-0.15, -0.1) is 11.3 Å². The molecule has 0 aliphatic carbocycles. The van der Waals surface area contributed by atoms with E-state index >= 15 is 0 Å². The van der Waals surface area contributed by atoms with E-state index in [1.54, 1.807) is 29.1 Å². The third-order valence-electron chi connectivity index (χ3n) is 5.06. The molecule has 0 saturated heterocycles. The van der Waals surface area contributed by atoms with Crippen molar-refractivity contribution in [2.75, 3.05) is 11.4 Å². The van der Waals surface area contributed by atoms with Crippen molar-refractivity contribution in [1.29, 1.82) is 0 Å². The van der Waals surface area contributed by atoms with E-state index in [1.807, 2.05) is 53.9 Å². The van der Waals surface area contributed by atoms with Crippen molar-refractivity contribution in [3.05, 3.63) is 83.9 Å². The first kappa shape index (κ1) is 19.1. The summed E-state index contributed by atoms with van der Waals surface area (Å²) in [5.41, 5.74) is 7.96. The van der Waals surface area contributed by atoms with Crippen molar-refractivity contribution in [3.8, 4) is 22.0 Å². The highest BCUT2D eigenvalue weighted by molar-refractivity contribution is 7.13. The first-order valence-electron chi connectivity index (χ1n) is 9.67. The Morgan fingerprint density at radius 2 is 1.81 bits per heavy atom. The van der Waals surface area contributed by atoms with E-state index in [4.69, 9.17) is 15.6 Å². The summed E-state index contributed by atoms with van der Waals surface area (Å²) in [6.45, 7) is 0.0333. The number of nitrogens with zero attached hydrogens (tertiary/aromatic N) is 3. The summed E-state index contributed by atoms with van der Waals surface area (Å²) < 4.78 is 7.39. The molecule has 2 N–H and O–H groups in total. The number of benzene rings is 2. The van der Waals surface area contributed by atoms with Crippen LogP contribution in [0.15, 0.2) is 78.3 Å². The number of thiophene rings is 1. The van der Waals surface area contributed by atoms with Gasteiger partial charge in [-0.25, -0.2) is 4.68 Å². The lowest BCUT2D eigenvalue weighted by Crippen LogP contribution is -2.49. The predicted octanol–water partition coefficient (Wildman–Crippen LogP) is 3.49. The van der Waals surface area contributed by atoms with E-state index in [-0.39, 0.29) is 12.5 Å². The lowest BCUT2D eigenvalue weighted by molar-refractivity contribution is -0.124. The minimum absolute atomic E-state index is 0.0333. The Morgan fingerprint density at radius 1 is 1.03 bits per heavy atom. The lowest BCUT2D eigenvalue weighted by atomic mass is 10.1. The highest BCUT2D eigenvalue weighted by atomic mass is 32.1. The number of primary amides is 1. The second-order valence-corrected chi connectivity index (χ2v) is 7.99. The maximum Gasteiger partial charge on any atom is 0.262 e. The number of aromatic nitrogens is 2. The Bertz CT molecular complexity index is 1250. The minimum Gasteiger partial charge on any atom is -0.477 e. The van der Waals surface area contributed by atoms with Crippen LogP contribution in [0.25, 0.3) is 16.3 Å². The largest absolute Gasteiger partial charge is 0.477 e. The molecule has 154 valence electrons. The maximum atomic E-state index is 13.8.